The van der Waals surface area contributed by atoms with Crippen molar-refractivity contribution in [3.8, 4) is 0 Å². The molecule has 118 valence electrons. The van der Waals surface area contributed by atoms with E-state index < -0.39 is 0 Å². The smallest absolute Gasteiger partial charge is 0.151 e. The molecule has 0 bridgehead atoms. The number of nitrogens with zero attached hydrogens (tertiary/aromatic N) is 3. The topological polar surface area (TPSA) is 41.0 Å². The van der Waals surface area contributed by atoms with Gasteiger partial charge in [0.05, 0.1) is 5.69 Å². The summed E-state index contributed by atoms with van der Waals surface area (Å²) in [7, 11) is 0. The Morgan fingerprint density at radius 1 is 1.14 bits per heavy atom. The Balaban J connectivity index is 1.86. The molecule has 1 aliphatic heterocycles. The molecule has 0 spiro atoms. The molecule has 1 aromatic heterocycles. The highest BCUT2D eigenvalue weighted by Gasteiger charge is 2.17. The summed E-state index contributed by atoms with van der Waals surface area (Å²) in [4.78, 5) is 2.41. The van der Waals surface area contributed by atoms with E-state index in [1.807, 2.05) is 0 Å². The molecule has 1 N–H and O–H groups in total. The molecule has 2 rings (SSSR count). The van der Waals surface area contributed by atoms with Gasteiger partial charge in [0, 0.05) is 19.6 Å². The molecule has 4 nitrogen and oxygen atoms in total. The minimum absolute atomic E-state index is 0.819. The minimum atomic E-state index is 0.819. The van der Waals surface area contributed by atoms with E-state index in [9.17, 15) is 0 Å². The van der Waals surface area contributed by atoms with Crippen LogP contribution in [0.3, 0.4) is 0 Å². The third-order valence-corrected chi connectivity index (χ3v) is 4.31. The highest BCUT2D eigenvalue weighted by Crippen LogP contribution is 2.24. The van der Waals surface area contributed by atoms with E-state index in [-0.39, 0.29) is 0 Å². The lowest BCUT2D eigenvalue weighted by atomic mass is 9.96. The average molecular weight is 290 g/mol. The summed E-state index contributed by atoms with van der Waals surface area (Å²) in [5, 5.41) is 12.2. The van der Waals surface area contributed by atoms with Crippen LogP contribution in [0.4, 0.5) is 5.82 Å². The Morgan fingerprint density at radius 3 is 2.76 bits per heavy atom. The summed E-state index contributed by atoms with van der Waals surface area (Å²) in [6, 6.07) is 4.25. The highest BCUT2D eigenvalue weighted by atomic mass is 15.3. The normalized spacial score (nSPS) is 19.5. The zero-order valence-electron chi connectivity index (χ0n) is 13.6. The second-order valence-corrected chi connectivity index (χ2v) is 6.13. The van der Waals surface area contributed by atoms with Crippen LogP contribution in [-0.2, 0) is 6.54 Å². The molecule has 1 atom stereocenters. The van der Waals surface area contributed by atoms with Gasteiger partial charge in [-0.1, -0.05) is 26.7 Å². The van der Waals surface area contributed by atoms with Crippen molar-refractivity contribution in [3.63, 3.8) is 0 Å². The molecule has 0 amide bonds. The first-order valence-corrected chi connectivity index (χ1v) is 8.61. The van der Waals surface area contributed by atoms with E-state index in [0.717, 1.165) is 50.0 Å². The Kier molecular flexibility index (Phi) is 6.93. The van der Waals surface area contributed by atoms with Crippen LogP contribution in [-0.4, -0.2) is 29.8 Å². The van der Waals surface area contributed by atoms with Crippen LogP contribution in [0.1, 0.15) is 58.1 Å². The third kappa shape index (κ3) is 5.27. The van der Waals surface area contributed by atoms with Crippen molar-refractivity contribution in [2.75, 3.05) is 24.5 Å². The van der Waals surface area contributed by atoms with Gasteiger partial charge in [0.25, 0.3) is 0 Å². The van der Waals surface area contributed by atoms with Gasteiger partial charge in [0.1, 0.15) is 0 Å². The van der Waals surface area contributed by atoms with Crippen LogP contribution in [0.25, 0.3) is 0 Å². The molecular formula is C17H30N4. The predicted octanol–water partition coefficient (Wildman–Crippen LogP) is 3.38. The quantitative estimate of drug-likeness (QED) is 0.782. The molecule has 1 saturated heterocycles. The van der Waals surface area contributed by atoms with Gasteiger partial charge >= 0.3 is 0 Å². The zero-order valence-corrected chi connectivity index (χ0v) is 13.6. The van der Waals surface area contributed by atoms with Gasteiger partial charge in [0.2, 0.25) is 0 Å². The van der Waals surface area contributed by atoms with Crippen LogP contribution in [0, 0.1) is 5.92 Å². The van der Waals surface area contributed by atoms with Crippen molar-refractivity contribution >= 4 is 5.82 Å². The van der Waals surface area contributed by atoms with E-state index in [1.54, 1.807) is 0 Å². The van der Waals surface area contributed by atoms with Crippen LogP contribution >= 0.6 is 0 Å². The molecule has 0 aliphatic carbocycles. The van der Waals surface area contributed by atoms with Crippen molar-refractivity contribution in [1.29, 1.82) is 0 Å². The Labute approximate surface area is 129 Å². The van der Waals surface area contributed by atoms with Crippen molar-refractivity contribution in [1.82, 2.24) is 15.5 Å². The van der Waals surface area contributed by atoms with E-state index in [0.29, 0.717) is 0 Å². The third-order valence-electron chi connectivity index (χ3n) is 4.31. The maximum Gasteiger partial charge on any atom is 0.151 e. The number of aromatic nitrogens is 2. The van der Waals surface area contributed by atoms with Crippen LogP contribution in [0.2, 0.25) is 0 Å². The van der Waals surface area contributed by atoms with Crippen LogP contribution in [0.5, 0.6) is 0 Å². The van der Waals surface area contributed by atoms with Gasteiger partial charge in [-0.05, 0) is 50.3 Å². The standard InChI is InChI=1S/C17H30N4/c1-3-6-15-7-5-12-21(13-10-15)17-9-8-16(19-20-17)14-18-11-4-2/h8-9,15,18H,3-7,10-14H2,1-2H3. The molecule has 4 heteroatoms. The summed E-state index contributed by atoms with van der Waals surface area (Å²) in [6.45, 7) is 8.58. The van der Waals surface area contributed by atoms with Crippen molar-refractivity contribution in [2.45, 2.75) is 58.9 Å². The number of anilines is 1. The molecule has 21 heavy (non-hydrogen) atoms. The minimum Gasteiger partial charge on any atom is -0.355 e. The van der Waals surface area contributed by atoms with Crippen molar-refractivity contribution in [2.24, 2.45) is 5.92 Å². The fraction of sp³-hybridized carbons (Fsp3) is 0.765. The molecule has 1 unspecified atom stereocenters. The van der Waals surface area contributed by atoms with Gasteiger partial charge in [-0.15, -0.1) is 5.10 Å². The first-order valence-electron chi connectivity index (χ1n) is 8.61. The summed E-state index contributed by atoms with van der Waals surface area (Å²) in [5.41, 5.74) is 1.03. The fourth-order valence-corrected chi connectivity index (χ4v) is 3.10. The highest BCUT2D eigenvalue weighted by molar-refractivity contribution is 5.37. The number of nitrogens with one attached hydrogen (secondary N) is 1. The molecule has 1 aliphatic rings. The molecule has 0 radical (unpaired) electrons. The average Bonchev–Trinajstić information content (AvgIpc) is 2.74. The van der Waals surface area contributed by atoms with E-state index in [1.165, 1.54) is 32.1 Å². The fourth-order valence-electron chi connectivity index (χ4n) is 3.10. The van der Waals surface area contributed by atoms with E-state index in [2.05, 4.69) is 46.4 Å². The predicted molar refractivity (Wildman–Crippen MR) is 88.5 cm³/mol. The zero-order chi connectivity index (χ0) is 14.9. The maximum atomic E-state index is 4.43. The Morgan fingerprint density at radius 2 is 2.05 bits per heavy atom. The Hall–Kier alpha value is -1.16. The molecular weight excluding hydrogens is 260 g/mol. The summed E-state index contributed by atoms with van der Waals surface area (Å²) >= 11 is 0. The first-order chi connectivity index (χ1) is 10.3. The van der Waals surface area contributed by atoms with Gasteiger partial charge < -0.3 is 10.2 Å². The summed E-state index contributed by atoms with van der Waals surface area (Å²) in [6.07, 6.45) is 7.79. The Bertz CT molecular complexity index is 390. The number of hydrogen-bond acceptors (Lipinski definition) is 4. The molecule has 0 saturated carbocycles. The van der Waals surface area contributed by atoms with Crippen LogP contribution < -0.4 is 10.2 Å². The second kappa shape index (κ2) is 8.98. The van der Waals surface area contributed by atoms with Crippen LogP contribution in [0.15, 0.2) is 12.1 Å². The monoisotopic (exact) mass is 290 g/mol. The van der Waals surface area contributed by atoms with Gasteiger partial charge in [-0.3, -0.25) is 0 Å². The van der Waals surface area contributed by atoms with Gasteiger partial charge in [-0.25, -0.2) is 0 Å². The van der Waals surface area contributed by atoms with Crippen molar-refractivity contribution in [3.05, 3.63) is 17.8 Å². The van der Waals surface area contributed by atoms with Crippen molar-refractivity contribution < 1.29 is 0 Å². The summed E-state index contributed by atoms with van der Waals surface area (Å²) < 4.78 is 0. The molecule has 1 fully saturated rings. The first kappa shape index (κ1) is 16.2. The van der Waals surface area contributed by atoms with Gasteiger partial charge in [0.15, 0.2) is 5.82 Å². The molecule has 0 aromatic carbocycles. The molecule has 1 aromatic rings. The van der Waals surface area contributed by atoms with E-state index >= 15 is 0 Å². The molecule has 2 heterocycles. The lowest BCUT2D eigenvalue weighted by Gasteiger charge is -2.21. The second-order valence-electron chi connectivity index (χ2n) is 6.13. The lowest BCUT2D eigenvalue weighted by Crippen LogP contribution is -2.25. The lowest BCUT2D eigenvalue weighted by molar-refractivity contribution is 0.435. The largest absolute Gasteiger partial charge is 0.355 e. The maximum absolute atomic E-state index is 4.43. The number of hydrogen-bond donors (Lipinski definition) is 1. The van der Waals surface area contributed by atoms with E-state index in [4.69, 9.17) is 0 Å². The summed E-state index contributed by atoms with van der Waals surface area (Å²) in [5.74, 6) is 1.96. The SMILES string of the molecule is CCCNCc1ccc(N2CCCC(CCC)CC2)nn1. The number of rotatable bonds is 7. The van der Waals surface area contributed by atoms with Gasteiger partial charge in [-0.2, -0.15) is 5.10 Å².